The first-order valence-corrected chi connectivity index (χ1v) is 6.55. The van der Waals surface area contributed by atoms with Crippen LogP contribution >= 0.6 is 11.8 Å². The Bertz CT molecular complexity index is 278. The van der Waals surface area contributed by atoms with Gasteiger partial charge in [-0.15, -0.1) is 11.8 Å². The summed E-state index contributed by atoms with van der Waals surface area (Å²) >= 11 is 1.76. The Morgan fingerprint density at radius 2 is 2.07 bits per heavy atom. The number of anilines is 1. The largest absolute Gasteiger partial charge is 0.382 e. The Morgan fingerprint density at radius 3 is 2.80 bits per heavy atom. The van der Waals surface area contributed by atoms with Crippen molar-refractivity contribution in [2.45, 2.75) is 18.2 Å². The van der Waals surface area contributed by atoms with E-state index in [2.05, 4.69) is 42.8 Å². The van der Waals surface area contributed by atoms with Crippen LogP contribution in [0.25, 0.3) is 0 Å². The van der Waals surface area contributed by atoms with E-state index in [1.165, 1.54) is 10.6 Å². The maximum Gasteiger partial charge on any atom is 0.0639 e. The Kier molecular flexibility index (Phi) is 6.28. The van der Waals surface area contributed by atoms with E-state index < -0.39 is 0 Å². The molecule has 0 aromatic heterocycles. The highest BCUT2D eigenvalue weighted by molar-refractivity contribution is 7.98. The van der Waals surface area contributed by atoms with E-state index in [4.69, 9.17) is 4.74 Å². The molecular weight excluding hydrogens is 206 g/mol. The van der Waals surface area contributed by atoms with Crippen molar-refractivity contribution >= 4 is 17.4 Å². The van der Waals surface area contributed by atoms with Gasteiger partial charge in [0, 0.05) is 23.7 Å². The molecule has 1 aromatic rings. The molecule has 1 N–H and O–H groups in total. The number of rotatable bonds is 7. The topological polar surface area (TPSA) is 21.3 Å². The van der Waals surface area contributed by atoms with Gasteiger partial charge in [-0.05, 0) is 24.8 Å². The van der Waals surface area contributed by atoms with Gasteiger partial charge >= 0.3 is 0 Å². The fourth-order valence-electron chi connectivity index (χ4n) is 1.29. The van der Waals surface area contributed by atoms with Crippen molar-refractivity contribution in [1.82, 2.24) is 0 Å². The van der Waals surface area contributed by atoms with Gasteiger partial charge in [0.05, 0.1) is 6.61 Å². The van der Waals surface area contributed by atoms with Crippen molar-refractivity contribution < 1.29 is 4.74 Å². The van der Waals surface area contributed by atoms with Crippen molar-refractivity contribution in [2.24, 2.45) is 0 Å². The Balaban J connectivity index is 2.30. The minimum Gasteiger partial charge on any atom is -0.382 e. The normalized spacial score (nSPS) is 10.3. The van der Waals surface area contributed by atoms with Crippen LogP contribution in [0.3, 0.4) is 0 Å². The first kappa shape index (κ1) is 12.4. The third-order valence-corrected chi connectivity index (χ3v) is 2.81. The zero-order valence-corrected chi connectivity index (χ0v) is 10.3. The molecule has 0 aliphatic heterocycles. The number of hydrogen-bond acceptors (Lipinski definition) is 3. The molecule has 1 aromatic carbocycles. The minimum atomic E-state index is 0.774. The molecule has 2 nitrogen and oxygen atoms in total. The lowest BCUT2D eigenvalue weighted by Crippen LogP contribution is -2.10. The molecule has 0 saturated heterocycles. The van der Waals surface area contributed by atoms with Crippen LogP contribution < -0.4 is 5.32 Å². The van der Waals surface area contributed by atoms with Crippen LogP contribution in [0, 0.1) is 0 Å². The molecule has 15 heavy (non-hydrogen) atoms. The first-order valence-electron chi connectivity index (χ1n) is 5.33. The zero-order chi connectivity index (χ0) is 10.9. The summed E-state index contributed by atoms with van der Waals surface area (Å²) < 4.78 is 5.41. The van der Waals surface area contributed by atoms with E-state index in [1.807, 2.05) is 0 Å². The molecule has 1 rings (SSSR count). The quantitative estimate of drug-likeness (QED) is 0.568. The van der Waals surface area contributed by atoms with Crippen LogP contribution in [-0.2, 0) is 4.74 Å². The SMILES string of the molecule is CCCOCCNc1ccccc1SC. The van der Waals surface area contributed by atoms with Gasteiger partial charge in [0.15, 0.2) is 0 Å². The van der Waals surface area contributed by atoms with Gasteiger partial charge in [0.25, 0.3) is 0 Å². The Labute approximate surface area is 96.4 Å². The average molecular weight is 225 g/mol. The summed E-state index contributed by atoms with van der Waals surface area (Å²) in [6.07, 6.45) is 3.18. The third-order valence-electron chi connectivity index (χ3n) is 2.02. The molecule has 0 amide bonds. The van der Waals surface area contributed by atoms with Gasteiger partial charge in [-0.3, -0.25) is 0 Å². The number of hydrogen-bond donors (Lipinski definition) is 1. The molecule has 0 bridgehead atoms. The van der Waals surface area contributed by atoms with E-state index in [-0.39, 0.29) is 0 Å². The predicted octanol–water partition coefficient (Wildman–Crippen LogP) is 3.25. The van der Waals surface area contributed by atoms with Crippen LogP contribution in [0.1, 0.15) is 13.3 Å². The van der Waals surface area contributed by atoms with Crippen molar-refractivity contribution in [3.8, 4) is 0 Å². The molecule has 0 saturated carbocycles. The average Bonchev–Trinajstić information content (AvgIpc) is 2.29. The summed E-state index contributed by atoms with van der Waals surface area (Å²) in [5.74, 6) is 0. The summed E-state index contributed by atoms with van der Waals surface area (Å²) in [5, 5.41) is 3.38. The molecule has 84 valence electrons. The summed E-state index contributed by atoms with van der Waals surface area (Å²) in [5.41, 5.74) is 1.20. The first-order chi connectivity index (χ1) is 7.38. The molecule has 3 heteroatoms. The second-order valence-electron chi connectivity index (χ2n) is 3.24. The Hall–Kier alpha value is -0.670. The van der Waals surface area contributed by atoms with Crippen molar-refractivity contribution in [2.75, 3.05) is 31.3 Å². The molecule has 0 fully saturated rings. The highest BCUT2D eigenvalue weighted by atomic mass is 32.2. The molecule has 0 heterocycles. The summed E-state index contributed by atoms with van der Waals surface area (Å²) in [6.45, 7) is 4.62. The Morgan fingerprint density at radius 1 is 1.27 bits per heavy atom. The summed E-state index contributed by atoms with van der Waals surface area (Å²) in [6, 6.07) is 8.34. The van der Waals surface area contributed by atoms with E-state index in [9.17, 15) is 0 Å². The fraction of sp³-hybridized carbons (Fsp3) is 0.500. The lowest BCUT2D eigenvalue weighted by atomic mass is 10.3. The van der Waals surface area contributed by atoms with Crippen molar-refractivity contribution in [3.63, 3.8) is 0 Å². The lowest BCUT2D eigenvalue weighted by Gasteiger charge is -2.10. The van der Waals surface area contributed by atoms with Crippen molar-refractivity contribution in [1.29, 1.82) is 0 Å². The van der Waals surface area contributed by atoms with Crippen LogP contribution in [0.2, 0.25) is 0 Å². The number of nitrogens with one attached hydrogen (secondary N) is 1. The number of benzene rings is 1. The van der Waals surface area contributed by atoms with Gasteiger partial charge in [-0.1, -0.05) is 19.1 Å². The van der Waals surface area contributed by atoms with E-state index >= 15 is 0 Å². The predicted molar refractivity (Wildman–Crippen MR) is 67.8 cm³/mol. The van der Waals surface area contributed by atoms with Crippen LogP contribution in [0.4, 0.5) is 5.69 Å². The number of thioether (sulfide) groups is 1. The van der Waals surface area contributed by atoms with E-state index in [0.717, 1.165) is 26.2 Å². The number of ether oxygens (including phenoxy) is 1. The second-order valence-corrected chi connectivity index (χ2v) is 4.09. The van der Waals surface area contributed by atoms with Gasteiger partial charge in [-0.25, -0.2) is 0 Å². The van der Waals surface area contributed by atoms with Gasteiger partial charge in [-0.2, -0.15) is 0 Å². The fourth-order valence-corrected chi connectivity index (χ4v) is 1.87. The van der Waals surface area contributed by atoms with Gasteiger partial charge in [0.2, 0.25) is 0 Å². The zero-order valence-electron chi connectivity index (χ0n) is 9.45. The van der Waals surface area contributed by atoms with Crippen LogP contribution in [0.15, 0.2) is 29.2 Å². The van der Waals surface area contributed by atoms with Crippen LogP contribution in [0.5, 0.6) is 0 Å². The smallest absolute Gasteiger partial charge is 0.0639 e. The molecule has 0 aliphatic rings. The summed E-state index contributed by atoms with van der Waals surface area (Å²) in [7, 11) is 0. The highest BCUT2D eigenvalue weighted by Crippen LogP contribution is 2.24. The lowest BCUT2D eigenvalue weighted by molar-refractivity contribution is 0.144. The minimum absolute atomic E-state index is 0.774. The van der Waals surface area contributed by atoms with E-state index in [1.54, 1.807) is 11.8 Å². The second kappa shape index (κ2) is 7.60. The molecule has 0 spiro atoms. The molecule has 0 radical (unpaired) electrons. The van der Waals surface area contributed by atoms with E-state index in [0.29, 0.717) is 0 Å². The van der Waals surface area contributed by atoms with Gasteiger partial charge < -0.3 is 10.1 Å². The summed E-state index contributed by atoms with van der Waals surface area (Å²) in [4.78, 5) is 1.29. The molecule has 0 aliphatic carbocycles. The van der Waals surface area contributed by atoms with Crippen molar-refractivity contribution in [3.05, 3.63) is 24.3 Å². The maximum absolute atomic E-state index is 5.41. The number of para-hydroxylation sites is 1. The highest BCUT2D eigenvalue weighted by Gasteiger charge is 1.98. The third kappa shape index (κ3) is 4.58. The van der Waals surface area contributed by atoms with Crippen LogP contribution in [-0.4, -0.2) is 26.0 Å². The maximum atomic E-state index is 5.41. The molecular formula is C12H19NOS. The molecule has 0 unspecified atom stereocenters. The molecule has 0 atom stereocenters. The monoisotopic (exact) mass is 225 g/mol. The van der Waals surface area contributed by atoms with Gasteiger partial charge in [0.1, 0.15) is 0 Å². The standard InChI is InChI=1S/C12H19NOS/c1-3-9-14-10-8-13-11-6-4-5-7-12(11)15-2/h4-7,13H,3,8-10H2,1-2H3.